The van der Waals surface area contributed by atoms with Crippen LogP contribution in [-0.2, 0) is 19.1 Å². The number of ether oxygens (including phenoxy) is 2. The molecule has 82 valence electrons. The summed E-state index contributed by atoms with van der Waals surface area (Å²) < 4.78 is 8.69. The first-order chi connectivity index (χ1) is 6.52. The van der Waals surface area contributed by atoms with Gasteiger partial charge in [0.2, 0.25) is 0 Å². The fraction of sp³-hybridized carbons (Fsp3) is 0.750. The Balaban J connectivity index is 3.89. The first-order valence-electron chi connectivity index (χ1n) is 4.11. The van der Waals surface area contributed by atoms with Crippen molar-refractivity contribution in [2.75, 3.05) is 14.2 Å². The van der Waals surface area contributed by atoms with E-state index in [1.54, 1.807) is 0 Å². The van der Waals surface area contributed by atoms with E-state index in [0.717, 1.165) is 0 Å². The van der Waals surface area contributed by atoms with Gasteiger partial charge >= 0.3 is 11.9 Å². The molecular weight excluding hydrogens is 190 g/mol. The quantitative estimate of drug-likeness (QED) is 0.547. The van der Waals surface area contributed by atoms with E-state index in [1.165, 1.54) is 14.2 Å². The number of carbonyl (C=O) groups excluding carboxylic acids is 2. The van der Waals surface area contributed by atoms with Crippen molar-refractivity contribution >= 4 is 11.9 Å². The maximum Gasteiger partial charge on any atom is 0.325 e. The van der Waals surface area contributed by atoms with Gasteiger partial charge in [-0.2, -0.15) is 0 Å². The molecule has 0 aromatic carbocycles. The van der Waals surface area contributed by atoms with Crippen LogP contribution in [0.5, 0.6) is 0 Å². The van der Waals surface area contributed by atoms with E-state index >= 15 is 0 Å². The summed E-state index contributed by atoms with van der Waals surface area (Å²) in [5.41, 5.74) is 5.32. The van der Waals surface area contributed by atoms with Gasteiger partial charge in [0.05, 0.1) is 20.3 Å². The van der Waals surface area contributed by atoms with Crippen molar-refractivity contribution in [2.45, 2.75) is 25.0 Å². The summed E-state index contributed by atoms with van der Waals surface area (Å²) in [6, 6.07) is -1.12. The summed E-state index contributed by atoms with van der Waals surface area (Å²) in [4.78, 5) is 21.5. The maximum atomic E-state index is 10.8. The summed E-state index contributed by atoms with van der Waals surface area (Å²) in [7, 11) is 2.42. The number of hydrogen-bond acceptors (Lipinski definition) is 6. The topological polar surface area (TPSA) is 98.9 Å². The molecule has 0 spiro atoms. The largest absolute Gasteiger partial charge is 0.469 e. The van der Waals surface area contributed by atoms with Gasteiger partial charge in [0.25, 0.3) is 0 Å². The Kier molecular flexibility index (Phi) is 5.82. The molecule has 0 aromatic heterocycles. The van der Waals surface area contributed by atoms with Gasteiger partial charge in [-0.05, 0) is 6.42 Å². The molecule has 0 heterocycles. The SMILES string of the molecule is COC(=O)CC[C@H](O)[C@H](N)C(=O)OC. The van der Waals surface area contributed by atoms with E-state index in [4.69, 9.17) is 5.73 Å². The number of carbonyl (C=O) groups is 2. The second-order valence-corrected chi connectivity index (χ2v) is 2.73. The lowest BCUT2D eigenvalue weighted by Crippen LogP contribution is -2.42. The summed E-state index contributed by atoms with van der Waals surface area (Å²) in [5.74, 6) is -1.16. The first-order valence-corrected chi connectivity index (χ1v) is 4.11. The van der Waals surface area contributed by atoms with E-state index in [1.807, 2.05) is 0 Å². The summed E-state index contributed by atoms with van der Waals surface area (Å²) in [6.45, 7) is 0. The number of hydrogen-bond donors (Lipinski definition) is 2. The predicted octanol–water partition coefficient (Wildman–Crippen LogP) is -1.20. The van der Waals surface area contributed by atoms with Crippen LogP contribution in [0.1, 0.15) is 12.8 Å². The molecule has 2 atom stereocenters. The average molecular weight is 205 g/mol. The third-order valence-corrected chi connectivity index (χ3v) is 1.76. The highest BCUT2D eigenvalue weighted by molar-refractivity contribution is 5.76. The number of aliphatic hydroxyl groups excluding tert-OH is 1. The van der Waals surface area contributed by atoms with Gasteiger partial charge < -0.3 is 20.3 Å². The van der Waals surface area contributed by atoms with Crippen molar-refractivity contribution in [3.63, 3.8) is 0 Å². The molecule has 6 heteroatoms. The number of nitrogens with two attached hydrogens (primary N) is 1. The molecule has 0 bridgehead atoms. The van der Waals surface area contributed by atoms with Gasteiger partial charge in [-0.1, -0.05) is 0 Å². The van der Waals surface area contributed by atoms with E-state index in [2.05, 4.69) is 9.47 Å². The van der Waals surface area contributed by atoms with Crippen LogP contribution in [0.25, 0.3) is 0 Å². The zero-order valence-electron chi connectivity index (χ0n) is 8.23. The third kappa shape index (κ3) is 4.20. The monoisotopic (exact) mass is 205 g/mol. The Morgan fingerprint density at radius 2 is 1.93 bits per heavy atom. The van der Waals surface area contributed by atoms with Gasteiger partial charge in [0.15, 0.2) is 0 Å². The molecule has 0 aromatic rings. The number of methoxy groups -OCH3 is 2. The van der Waals surface area contributed by atoms with Crippen LogP contribution in [0.2, 0.25) is 0 Å². The van der Waals surface area contributed by atoms with E-state index < -0.39 is 24.1 Å². The van der Waals surface area contributed by atoms with Crippen LogP contribution in [0.15, 0.2) is 0 Å². The van der Waals surface area contributed by atoms with Crippen molar-refractivity contribution in [3.8, 4) is 0 Å². The molecule has 0 radical (unpaired) electrons. The standard InChI is InChI=1S/C8H15NO5/c1-13-6(11)4-3-5(10)7(9)8(12)14-2/h5,7,10H,3-4,9H2,1-2H3/t5-,7-/m0/s1. The van der Waals surface area contributed by atoms with Gasteiger partial charge in [-0.25, -0.2) is 0 Å². The smallest absolute Gasteiger partial charge is 0.325 e. The number of aliphatic hydroxyl groups is 1. The van der Waals surface area contributed by atoms with Crippen molar-refractivity contribution in [2.24, 2.45) is 5.73 Å². The first kappa shape index (κ1) is 12.9. The summed E-state index contributed by atoms with van der Waals surface area (Å²) in [6.07, 6.45) is -1.01. The fourth-order valence-corrected chi connectivity index (χ4v) is 0.841. The molecule has 0 rings (SSSR count). The van der Waals surface area contributed by atoms with Crippen molar-refractivity contribution in [3.05, 3.63) is 0 Å². The van der Waals surface area contributed by atoms with Gasteiger partial charge in [-0.15, -0.1) is 0 Å². The lowest BCUT2D eigenvalue weighted by molar-refractivity contribution is -0.146. The van der Waals surface area contributed by atoms with Crippen molar-refractivity contribution < 1.29 is 24.2 Å². The van der Waals surface area contributed by atoms with Crippen LogP contribution in [0.4, 0.5) is 0 Å². The highest BCUT2D eigenvalue weighted by atomic mass is 16.5. The summed E-state index contributed by atoms with van der Waals surface area (Å²) >= 11 is 0. The third-order valence-electron chi connectivity index (χ3n) is 1.76. The van der Waals surface area contributed by atoms with Gasteiger partial charge in [0.1, 0.15) is 6.04 Å². The van der Waals surface area contributed by atoms with Gasteiger partial charge in [-0.3, -0.25) is 9.59 Å². The molecule has 0 saturated heterocycles. The maximum absolute atomic E-state index is 10.8. The fourth-order valence-electron chi connectivity index (χ4n) is 0.841. The zero-order chi connectivity index (χ0) is 11.1. The zero-order valence-corrected chi connectivity index (χ0v) is 8.23. The Bertz CT molecular complexity index is 206. The van der Waals surface area contributed by atoms with Crippen LogP contribution >= 0.6 is 0 Å². The Hall–Kier alpha value is -1.14. The highest BCUT2D eigenvalue weighted by Gasteiger charge is 2.23. The molecule has 0 aliphatic heterocycles. The van der Waals surface area contributed by atoms with Crippen molar-refractivity contribution in [1.29, 1.82) is 0 Å². The molecule has 0 amide bonds. The Labute approximate surface area is 82.0 Å². The molecule has 0 unspecified atom stereocenters. The lowest BCUT2D eigenvalue weighted by atomic mass is 10.1. The highest BCUT2D eigenvalue weighted by Crippen LogP contribution is 2.03. The normalized spacial score (nSPS) is 14.3. The molecule has 0 fully saturated rings. The van der Waals surface area contributed by atoms with Crippen LogP contribution < -0.4 is 5.73 Å². The molecule has 14 heavy (non-hydrogen) atoms. The Morgan fingerprint density at radius 1 is 1.36 bits per heavy atom. The predicted molar refractivity (Wildman–Crippen MR) is 47.2 cm³/mol. The number of esters is 2. The lowest BCUT2D eigenvalue weighted by Gasteiger charge is -2.15. The Morgan fingerprint density at radius 3 is 2.36 bits per heavy atom. The molecule has 0 aliphatic carbocycles. The molecule has 6 nitrogen and oxygen atoms in total. The minimum absolute atomic E-state index is 0.0162. The van der Waals surface area contributed by atoms with Crippen LogP contribution in [0, 0.1) is 0 Å². The van der Waals surface area contributed by atoms with E-state index in [0.29, 0.717) is 0 Å². The minimum Gasteiger partial charge on any atom is -0.469 e. The van der Waals surface area contributed by atoms with Gasteiger partial charge in [0, 0.05) is 6.42 Å². The second kappa shape index (κ2) is 6.33. The molecule has 3 N–H and O–H groups in total. The minimum atomic E-state index is -1.12. The van der Waals surface area contributed by atoms with E-state index in [9.17, 15) is 14.7 Å². The van der Waals surface area contributed by atoms with E-state index in [-0.39, 0.29) is 12.8 Å². The second-order valence-electron chi connectivity index (χ2n) is 2.73. The molecule has 0 saturated carbocycles. The average Bonchev–Trinajstić information content (AvgIpc) is 2.22. The van der Waals surface area contributed by atoms with Crippen LogP contribution in [0.3, 0.4) is 0 Å². The molecule has 0 aliphatic rings. The van der Waals surface area contributed by atoms with Crippen molar-refractivity contribution in [1.82, 2.24) is 0 Å². The molecular formula is C8H15NO5. The summed E-state index contributed by atoms with van der Waals surface area (Å²) in [5, 5.41) is 9.33. The van der Waals surface area contributed by atoms with Crippen LogP contribution in [-0.4, -0.2) is 43.4 Å². The number of rotatable bonds is 5.